The molecule has 1 aromatic rings. The molecule has 0 atom stereocenters. The topological polar surface area (TPSA) is 54.4 Å². The van der Waals surface area contributed by atoms with Crippen LogP contribution in [0.15, 0.2) is 18.2 Å². The standard InChI is InChI=1S/C8H9ClO3S/c1-6-7(5-13(9,11)12)3-2-4-8(6)10/h2-4,10H,5H2,1H3. The molecule has 0 saturated carbocycles. The number of rotatable bonds is 2. The largest absolute Gasteiger partial charge is 0.508 e. The van der Waals surface area contributed by atoms with E-state index in [2.05, 4.69) is 0 Å². The van der Waals surface area contributed by atoms with Crippen LogP contribution in [0.4, 0.5) is 0 Å². The Morgan fingerprint density at radius 1 is 1.46 bits per heavy atom. The molecule has 72 valence electrons. The Morgan fingerprint density at radius 2 is 2.08 bits per heavy atom. The van der Waals surface area contributed by atoms with E-state index in [-0.39, 0.29) is 11.5 Å². The first kappa shape index (κ1) is 10.3. The maximum atomic E-state index is 10.7. The van der Waals surface area contributed by atoms with Gasteiger partial charge in [0.05, 0.1) is 5.75 Å². The normalized spacial score (nSPS) is 11.5. The molecule has 0 amide bonds. The Hall–Kier alpha value is -0.740. The smallest absolute Gasteiger partial charge is 0.236 e. The van der Waals surface area contributed by atoms with Crippen LogP contribution in [0.25, 0.3) is 0 Å². The highest BCUT2D eigenvalue weighted by Gasteiger charge is 2.10. The molecular weight excluding hydrogens is 212 g/mol. The summed E-state index contributed by atoms with van der Waals surface area (Å²) in [4.78, 5) is 0. The first-order valence-corrected chi connectivity index (χ1v) is 6.08. The molecule has 5 heteroatoms. The van der Waals surface area contributed by atoms with Crippen LogP contribution in [0.2, 0.25) is 0 Å². The number of hydrogen-bond donors (Lipinski definition) is 1. The minimum absolute atomic E-state index is 0.0813. The summed E-state index contributed by atoms with van der Waals surface area (Å²) >= 11 is 0. The summed E-state index contributed by atoms with van der Waals surface area (Å²) in [6.07, 6.45) is 0. The van der Waals surface area contributed by atoms with E-state index < -0.39 is 9.05 Å². The molecule has 0 heterocycles. The number of benzene rings is 1. The molecule has 0 radical (unpaired) electrons. The number of hydrogen-bond acceptors (Lipinski definition) is 3. The van der Waals surface area contributed by atoms with E-state index >= 15 is 0 Å². The zero-order valence-electron chi connectivity index (χ0n) is 6.99. The van der Waals surface area contributed by atoms with E-state index in [0.29, 0.717) is 11.1 Å². The van der Waals surface area contributed by atoms with Crippen molar-refractivity contribution >= 4 is 19.7 Å². The van der Waals surface area contributed by atoms with Gasteiger partial charge in [-0.3, -0.25) is 0 Å². The number of phenols is 1. The molecule has 0 unspecified atom stereocenters. The Morgan fingerprint density at radius 3 is 2.62 bits per heavy atom. The molecule has 1 rings (SSSR count). The minimum Gasteiger partial charge on any atom is -0.508 e. The molecule has 1 N–H and O–H groups in total. The minimum atomic E-state index is -3.56. The van der Waals surface area contributed by atoms with Crippen molar-refractivity contribution in [3.63, 3.8) is 0 Å². The van der Waals surface area contributed by atoms with E-state index in [1.54, 1.807) is 19.1 Å². The number of aromatic hydroxyl groups is 1. The van der Waals surface area contributed by atoms with Crippen molar-refractivity contribution in [2.75, 3.05) is 0 Å². The van der Waals surface area contributed by atoms with Crippen molar-refractivity contribution < 1.29 is 13.5 Å². The van der Waals surface area contributed by atoms with E-state index in [1.807, 2.05) is 0 Å². The van der Waals surface area contributed by atoms with Gasteiger partial charge in [0.15, 0.2) is 0 Å². The maximum absolute atomic E-state index is 10.7. The van der Waals surface area contributed by atoms with Gasteiger partial charge in [-0.25, -0.2) is 8.42 Å². The molecule has 0 spiro atoms. The summed E-state index contributed by atoms with van der Waals surface area (Å²) < 4.78 is 21.5. The molecule has 0 fully saturated rings. The fraction of sp³-hybridized carbons (Fsp3) is 0.250. The van der Waals surface area contributed by atoms with E-state index in [4.69, 9.17) is 10.7 Å². The summed E-state index contributed by atoms with van der Waals surface area (Å²) in [5.74, 6) is -0.174. The summed E-state index contributed by atoms with van der Waals surface area (Å²) in [5, 5.41) is 9.26. The van der Waals surface area contributed by atoms with E-state index in [0.717, 1.165) is 0 Å². The Balaban J connectivity index is 3.10. The summed E-state index contributed by atoms with van der Waals surface area (Å²) in [6.45, 7) is 1.65. The van der Waals surface area contributed by atoms with Crippen molar-refractivity contribution in [1.82, 2.24) is 0 Å². The second kappa shape index (κ2) is 3.55. The van der Waals surface area contributed by atoms with Crippen molar-refractivity contribution in [2.45, 2.75) is 12.7 Å². The number of halogens is 1. The van der Waals surface area contributed by atoms with Crippen LogP contribution in [-0.4, -0.2) is 13.5 Å². The zero-order valence-corrected chi connectivity index (χ0v) is 8.56. The van der Waals surface area contributed by atoms with Gasteiger partial charge in [-0.15, -0.1) is 0 Å². The first-order chi connectivity index (χ1) is 5.90. The van der Waals surface area contributed by atoms with Crippen LogP contribution in [0.1, 0.15) is 11.1 Å². The third kappa shape index (κ3) is 2.90. The Labute approximate surface area is 81.4 Å². The lowest BCUT2D eigenvalue weighted by Crippen LogP contribution is -1.97. The molecule has 0 aliphatic carbocycles. The highest BCUT2D eigenvalue weighted by molar-refractivity contribution is 8.13. The first-order valence-electron chi connectivity index (χ1n) is 3.60. The van der Waals surface area contributed by atoms with Crippen LogP contribution in [0.3, 0.4) is 0 Å². The van der Waals surface area contributed by atoms with Gasteiger partial charge in [-0.2, -0.15) is 0 Å². The lowest BCUT2D eigenvalue weighted by molar-refractivity contribution is 0.470. The second-order valence-electron chi connectivity index (χ2n) is 2.74. The molecule has 1 aromatic carbocycles. The van der Waals surface area contributed by atoms with Crippen LogP contribution in [0, 0.1) is 6.92 Å². The second-order valence-corrected chi connectivity index (χ2v) is 5.52. The van der Waals surface area contributed by atoms with Crippen LogP contribution >= 0.6 is 10.7 Å². The summed E-state index contributed by atoms with van der Waals surface area (Å²) in [7, 11) is 1.53. The monoisotopic (exact) mass is 220 g/mol. The van der Waals surface area contributed by atoms with Gasteiger partial charge in [0.25, 0.3) is 0 Å². The highest BCUT2D eigenvalue weighted by Crippen LogP contribution is 2.22. The Kier molecular flexibility index (Phi) is 2.83. The van der Waals surface area contributed by atoms with Crippen molar-refractivity contribution in [3.8, 4) is 5.75 Å². The molecule has 3 nitrogen and oxygen atoms in total. The van der Waals surface area contributed by atoms with Gasteiger partial charge >= 0.3 is 0 Å². The quantitative estimate of drug-likeness (QED) is 0.773. The van der Waals surface area contributed by atoms with Gasteiger partial charge in [-0.05, 0) is 24.1 Å². The molecule has 0 aliphatic heterocycles. The van der Waals surface area contributed by atoms with Gasteiger partial charge < -0.3 is 5.11 Å². The number of phenolic OH excluding ortho intramolecular Hbond substituents is 1. The van der Waals surface area contributed by atoms with Crippen molar-refractivity contribution in [2.24, 2.45) is 0 Å². The average Bonchev–Trinajstić information content (AvgIpc) is 1.96. The molecule has 0 aromatic heterocycles. The van der Waals surface area contributed by atoms with Crippen molar-refractivity contribution in [3.05, 3.63) is 29.3 Å². The zero-order chi connectivity index (χ0) is 10.1. The summed E-state index contributed by atoms with van der Waals surface area (Å²) in [5.41, 5.74) is 1.07. The molecular formula is C8H9ClO3S. The third-order valence-corrected chi connectivity index (χ3v) is 2.73. The van der Waals surface area contributed by atoms with Gasteiger partial charge in [0, 0.05) is 10.7 Å². The van der Waals surface area contributed by atoms with Crippen LogP contribution < -0.4 is 0 Å². The molecule has 0 aliphatic rings. The van der Waals surface area contributed by atoms with E-state index in [9.17, 15) is 13.5 Å². The molecule has 0 saturated heterocycles. The van der Waals surface area contributed by atoms with Crippen molar-refractivity contribution in [1.29, 1.82) is 0 Å². The summed E-state index contributed by atoms with van der Waals surface area (Å²) in [6, 6.07) is 4.70. The van der Waals surface area contributed by atoms with E-state index in [1.165, 1.54) is 6.07 Å². The van der Waals surface area contributed by atoms with Gasteiger partial charge in [0.1, 0.15) is 5.75 Å². The fourth-order valence-corrected chi connectivity index (χ4v) is 2.05. The SMILES string of the molecule is Cc1c(O)cccc1CS(=O)(=O)Cl. The average molecular weight is 221 g/mol. The van der Waals surface area contributed by atoms with Crippen LogP contribution in [-0.2, 0) is 14.8 Å². The molecule has 13 heavy (non-hydrogen) atoms. The lowest BCUT2D eigenvalue weighted by atomic mass is 10.1. The van der Waals surface area contributed by atoms with Gasteiger partial charge in [-0.1, -0.05) is 12.1 Å². The predicted molar refractivity (Wildman–Crippen MR) is 51.3 cm³/mol. The predicted octanol–water partition coefficient (Wildman–Crippen LogP) is 1.77. The Bertz CT molecular complexity index is 411. The fourth-order valence-electron chi connectivity index (χ4n) is 1.01. The molecule has 0 bridgehead atoms. The maximum Gasteiger partial charge on any atom is 0.236 e. The third-order valence-electron chi connectivity index (χ3n) is 1.75. The van der Waals surface area contributed by atoms with Gasteiger partial charge in [0.2, 0.25) is 9.05 Å². The van der Waals surface area contributed by atoms with Crippen LogP contribution in [0.5, 0.6) is 5.75 Å². The lowest BCUT2D eigenvalue weighted by Gasteiger charge is -2.04. The highest BCUT2D eigenvalue weighted by atomic mass is 35.7.